The molecule has 0 aliphatic carbocycles. The Morgan fingerprint density at radius 3 is 2.17 bits per heavy atom. The molecule has 0 amide bonds. The van der Waals surface area contributed by atoms with Crippen LogP contribution < -0.4 is 10.2 Å². The van der Waals surface area contributed by atoms with Crippen LogP contribution in [0.2, 0.25) is 0 Å². The predicted octanol–water partition coefficient (Wildman–Crippen LogP) is -0.118. The first-order chi connectivity index (χ1) is 19.9. The first-order valence-electron chi connectivity index (χ1n) is 13.2. The Labute approximate surface area is 238 Å². The molecule has 2 aliphatic rings. The first kappa shape index (κ1) is 30.0. The molecule has 0 saturated carbocycles. The van der Waals surface area contributed by atoms with Crippen molar-refractivity contribution in [2.75, 3.05) is 6.61 Å². The van der Waals surface area contributed by atoms with Gasteiger partial charge < -0.3 is 64.2 Å². The lowest BCUT2D eigenvalue weighted by molar-refractivity contribution is -0.313. The molecule has 42 heavy (non-hydrogen) atoms. The molecule has 10 atom stereocenters. The molecule has 2 saturated heterocycles. The normalized spacial score (nSPS) is 33.5. The van der Waals surface area contributed by atoms with Gasteiger partial charge in [-0.15, -0.1) is 0 Å². The van der Waals surface area contributed by atoms with E-state index in [4.69, 9.17) is 23.4 Å². The molecule has 2 aromatic carbocycles. The number of aliphatic hydroxyl groups is 5. The van der Waals surface area contributed by atoms with Crippen molar-refractivity contribution in [1.82, 2.24) is 0 Å². The van der Waals surface area contributed by atoms with Gasteiger partial charge in [0, 0.05) is 23.6 Å². The number of phenols is 3. The van der Waals surface area contributed by atoms with Gasteiger partial charge in [-0.2, -0.15) is 0 Å². The minimum atomic E-state index is -1.62. The van der Waals surface area contributed by atoms with Gasteiger partial charge in [0.2, 0.25) is 17.5 Å². The van der Waals surface area contributed by atoms with Crippen LogP contribution in [0.1, 0.15) is 13.8 Å². The van der Waals surface area contributed by atoms with Crippen LogP contribution in [0.15, 0.2) is 45.6 Å². The lowest BCUT2D eigenvalue weighted by atomic mass is 9.92. The summed E-state index contributed by atoms with van der Waals surface area (Å²) >= 11 is 0. The average molecular weight is 593 g/mol. The lowest BCUT2D eigenvalue weighted by Gasteiger charge is -2.43. The third-order valence-electron chi connectivity index (χ3n) is 7.52. The Balaban J connectivity index is 1.46. The van der Waals surface area contributed by atoms with E-state index in [1.54, 1.807) is 0 Å². The topological polar surface area (TPSA) is 229 Å². The Kier molecular flexibility index (Phi) is 8.33. The van der Waals surface area contributed by atoms with E-state index in [0.29, 0.717) is 0 Å². The summed E-state index contributed by atoms with van der Waals surface area (Å²) in [6, 6.07) is 7.66. The van der Waals surface area contributed by atoms with E-state index < -0.39 is 84.8 Å². The van der Waals surface area contributed by atoms with Crippen LogP contribution in [-0.2, 0) is 14.2 Å². The summed E-state index contributed by atoms with van der Waals surface area (Å²) in [5, 5.41) is 81.4. The van der Waals surface area contributed by atoms with E-state index in [1.165, 1.54) is 38.1 Å². The van der Waals surface area contributed by atoms with Crippen molar-refractivity contribution in [1.29, 1.82) is 0 Å². The minimum absolute atomic E-state index is 0.0627. The zero-order chi connectivity index (χ0) is 30.5. The molecule has 3 heterocycles. The fourth-order valence-electron chi connectivity index (χ4n) is 4.98. The fourth-order valence-corrected chi connectivity index (χ4v) is 4.98. The highest BCUT2D eigenvalue weighted by molar-refractivity contribution is 5.88. The third-order valence-corrected chi connectivity index (χ3v) is 7.52. The highest BCUT2D eigenvalue weighted by atomic mass is 16.7. The monoisotopic (exact) mass is 592 g/mol. The number of fused-ring (bicyclic) bond motifs is 1. The zero-order valence-corrected chi connectivity index (χ0v) is 22.5. The van der Waals surface area contributed by atoms with Gasteiger partial charge in [0.25, 0.3) is 0 Å². The van der Waals surface area contributed by atoms with E-state index in [0.717, 1.165) is 12.1 Å². The van der Waals surface area contributed by atoms with Gasteiger partial charge in [0.1, 0.15) is 58.7 Å². The Bertz CT molecular complexity index is 1470. The SMILES string of the molecule is C[C@H]1[C@H](Oc2c(-c3ccc(O)cc3)oc3cc(O)cc(O)c3c2=O)O[C@H](CO[C@H]2O[C@@H](C)[C@H](O)[C@@H](O)[C@@H]2O)[C@@H](O)[C@@H]1O. The molecule has 5 rings (SSSR count). The Hall–Kier alpha value is -3.47. The number of benzene rings is 2. The van der Waals surface area contributed by atoms with Crippen molar-refractivity contribution in [3.8, 4) is 34.3 Å². The van der Waals surface area contributed by atoms with Gasteiger partial charge in [-0.05, 0) is 31.2 Å². The van der Waals surface area contributed by atoms with Crippen LogP contribution in [0.5, 0.6) is 23.0 Å². The summed E-state index contributed by atoms with van der Waals surface area (Å²) in [7, 11) is 0. The van der Waals surface area contributed by atoms with E-state index >= 15 is 0 Å². The number of rotatable bonds is 6. The molecule has 14 nitrogen and oxygen atoms in total. The standard InChI is InChI=1S/C28H32O14/c1-10-19(32)21(34)17(9-38-28-24(37)23(36)20(33)11(2)39-28)41-27(10)42-26-22(35)18-15(31)7-14(30)8-16(18)40-25(26)12-3-5-13(29)6-4-12/h3-8,10-11,17,19-21,23-24,27-34,36-37H,9H2,1-2H3/t10-,11+,17-,19-,20+,21-,23-,24+,27+,28+/m1/s1. The number of aromatic hydroxyl groups is 3. The summed E-state index contributed by atoms with van der Waals surface area (Å²) in [5.74, 6) is -2.48. The van der Waals surface area contributed by atoms with E-state index in [1.807, 2.05) is 0 Å². The highest BCUT2D eigenvalue weighted by Crippen LogP contribution is 2.38. The van der Waals surface area contributed by atoms with Crippen molar-refractivity contribution >= 4 is 11.0 Å². The number of hydrogen-bond donors (Lipinski definition) is 8. The van der Waals surface area contributed by atoms with Crippen LogP contribution in [0, 0.1) is 5.92 Å². The number of phenolic OH excluding ortho intramolecular Hbond substituents is 3. The second-order valence-electron chi connectivity index (χ2n) is 10.5. The van der Waals surface area contributed by atoms with Crippen LogP contribution in [0.3, 0.4) is 0 Å². The third kappa shape index (κ3) is 5.50. The molecule has 0 spiro atoms. The fraction of sp³-hybridized carbons (Fsp3) is 0.464. The van der Waals surface area contributed by atoms with Crippen molar-refractivity contribution in [3.63, 3.8) is 0 Å². The predicted molar refractivity (Wildman–Crippen MR) is 142 cm³/mol. The van der Waals surface area contributed by atoms with Crippen molar-refractivity contribution < 1.29 is 64.2 Å². The lowest BCUT2D eigenvalue weighted by Crippen LogP contribution is -2.59. The summed E-state index contributed by atoms with van der Waals surface area (Å²) in [6.45, 7) is 2.51. The van der Waals surface area contributed by atoms with Crippen molar-refractivity contribution in [3.05, 3.63) is 46.6 Å². The van der Waals surface area contributed by atoms with E-state index in [9.17, 15) is 45.6 Å². The molecule has 0 bridgehead atoms. The highest BCUT2D eigenvalue weighted by Gasteiger charge is 2.46. The number of ether oxygens (including phenoxy) is 4. The molecule has 0 radical (unpaired) electrons. The van der Waals surface area contributed by atoms with Gasteiger partial charge in [0.05, 0.1) is 18.8 Å². The molecule has 228 valence electrons. The van der Waals surface area contributed by atoms with Gasteiger partial charge in [-0.3, -0.25) is 4.79 Å². The van der Waals surface area contributed by atoms with Crippen molar-refractivity contribution in [2.24, 2.45) is 5.92 Å². The minimum Gasteiger partial charge on any atom is -0.508 e. The molecule has 3 aromatic rings. The molecule has 8 N–H and O–H groups in total. The molecule has 2 fully saturated rings. The van der Waals surface area contributed by atoms with Crippen LogP contribution in [0.4, 0.5) is 0 Å². The maximum absolute atomic E-state index is 13.6. The first-order valence-corrected chi connectivity index (χ1v) is 13.2. The molecular formula is C28H32O14. The summed E-state index contributed by atoms with van der Waals surface area (Å²) in [4.78, 5) is 13.6. The smallest absolute Gasteiger partial charge is 0.239 e. The zero-order valence-electron chi connectivity index (χ0n) is 22.5. The van der Waals surface area contributed by atoms with Crippen LogP contribution >= 0.6 is 0 Å². The maximum Gasteiger partial charge on any atom is 0.239 e. The van der Waals surface area contributed by atoms with Gasteiger partial charge in [-0.25, -0.2) is 0 Å². The molecule has 1 aromatic heterocycles. The summed E-state index contributed by atoms with van der Waals surface area (Å²) in [5.41, 5.74) is -0.701. The second-order valence-corrected chi connectivity index (χ2v) is 10.5. The maximum atomic E-state index is 13.6. The van der Waals surface area contributed by atoms with Gasteiger partial charge >= 0.3 is 0 Å². The Morgan fingerprint density at radius 1 is 0.786 bits per heavy atom. The molecular weight excluding hydrogens is 560 g/mol. The summed E-state index contributed by atoms with van der Waals surface area (Å²) < 4.78 is 28.7. The van der Waals surface area contributed by atoms with Gasteiger partial charge in [0.15, 0.2) is 12.1 Å². The quantitative estimate of drug-likeness (QED) is 0.187. The van der Waals surface area contributed by atoms with Crippen molar-refractivity contribution in [2.45, 2.75) is 69.2 Å². The summed E-state index contributed by atoms with van der Waals surface area (Å²) in [6.07, 6.45) is -12.4. The van der Waals surface area contributed by atoms with E-state index in [2.05, 4.69) is 0 Å². The average Bonchev–Trinajstić information content (AvgIpc) is 2.95. The van der Waals surface area contributed by atoms with Gasteiger partial charge in [-0.1, -0.05) is 6.92 Å². The second kappa shape index (κ2) is 11.7. The number of hydrogen-bond acceptors (Lipinski definition) is 14. The molecule has 2 aliphatic heterocycles. The molecule has 14 heteroatoms. The van der Waals surface area contributed by atoms with Crippen LogP contribution in [0.25, 0.3) is 22.3 Å². The molecule has 0 unspecified atom stereocenters. The number of aliphatic hydroxyl groups excluding tert-OH is 5. The van der Waals surface area contributed by atoms with E-state index in [-0.39, 0.29) is 33.8 Å². The van der Waals surface area contributed by atoms with Crippen LogP contribution in [-0.4, -0.2) is 103 Å². The largest absolute Gasteiger partial charge is 0.508 e. The Morgan fingerprint density at radius 2 is 1.48 bits per heavy atom.